The predicted molar refractivity (Wildman–Crippen MR) is 360 cm³/mol. The van der Waals surface area contributed by atoms with Gasteiger partial charge in [0.15, 0.2) is 5.78 Å². The van der Waals surface area contributed by atoms with Gasteiger partial charge in [0.1, 0.15) is 22.0 Å². The Morgan fingerprint density at radius 2 is 0.864 bits per heavy atom. The molecule has 3 saturated carbocycles. The number of ketones is 1. The number of nitrogens with zero attached hydrogens (tertiary/aromatic N) is 2. The lowest BCUT2D eigenvalue weighted by Crippen LogP contribution is -2.41. The van der Waals surface area contributed by atoms with Gasteiger partial charge in [-0.15, -0.1) is 0 Å². The number of halogens is 3. The molecule has 0 radical (unpaired) electrons. The largest absolute Gasteiger partial charge is 0.381 e. The highest BCUT2D eigenvalue weighted by atomic mass is 79.9. The maximum atomic E-state index is 12.9. The first kappa shape index (κ1) is 70.7. The van der Waals surface area contributed by atoms with Crippen LogP contribution < -0.4 is 5.14 Å². The third-order valence-corrected chi connectivity index (χ3v) is 25.2. The van der Waals surface area contributed by atoms with Crippen molar-refractivity contribution in [1.82, 2.24) is 0 Å². The first-order valence-corrected chi connectivity index (χ1v) is 35.7. The summed E-state index contributed by atoms with van der Waals surface area (Å²) in [5, 5.41) is 5.45. The van der Waals surface area contributed by atoms with Crippen LogP contribution in [-0.4, -0.2) is 90.3 Å². The van der Waals surface area contributed by atoms with Gasteiger partial charge in [-0.2, -0.15) is 22.3 Å². The summed E-state index contributed by atoms with van der Waals surface area (Å²) >= 11 is 10.7. The molecule has 3 aromatic rings. The van der Waals surface area contributed by atoms with Crippen molar-refractivity contribution < 1.29 is 32.0 Å². The van der Waals surface area contributed by atoms with Crippen molar-refractivity contribution in [3.8, 4) is 0 Å². The predicted octanol–water partition coefficient (Wildman–Crippen LogP) is 17.0. The number of rotatable bonds is 8. The van der Waals surface area contributed by atoms with Gasteiger partial charge in [0, 0.05) is 78.7 Å². The average Bonchev–Trinajstić information content (AvgIpc) is 4.01. The summed E-state index contributed by atoms with van der Waals surface area (Å²) in [4.78, 5) is 12.9. The van der Waals surface area contributed by atoms with Crippen molar-refractivity contribution in [2.75, 3.05) is 27.6 Å². The van der Waals surface area contributed by atoms with Crippen LogP contribution >= 0.6 is 71.8 Å². The molecule has 12 atom stereocenters. The number of Topliss-reactive ketones (excluding diaryl/α,β-unsaturated/α-hetero) is 1. The number of carbonyl (C=O) groups is 1. The quantitative estimate of drug-likeness (QED) is 0.226. The molecule has 3 fully saturated rings. The van der Waals surface area contributed by atoms with Crippen molar-refractivity contribution in [3.63, 3.8) is 0 Å². The summed E-state index contributed by atoms with van der Waals surface area (Å²) in [5.74, 6) is 1.93. The van der Waals surface area contributed by atoms with Crippen molar-refractivity contribution in [1.29, 1.82) is 0 Å². The van der Waals surface area contributed by atoms with Crippen LogP contribution in [-0.2, 0) is 55.4 Å². The van der Waals surface area contributed by atoms with Crippen LogP contribution in [0.15, 0.2) is 76.8 Å². The molecular formula is C64H98Br3N3O7S4. The number of nitrogens with two attached hydrogens (primary N) is 1. The number of hydrogen-bond donors (Lipinski definition) is 2. The maximum absolute atomic E-state index is 12.9. The van der Waals surface area contributed by atoms with Gasteiger partial charge in [-0.3, -0.25) is 9.93 Å². The third kappa shape index (κ3) is 16.4. The van der Waals surface area contributed by atoms with Gasteiger partial charge < -0.3 is 18.8 Å². The van der Waals surface area contributed by atoms with Crippen LogP contribution in [0.25, 0.3) is 0 Å². The van der Waals surface area contributed by atoms with E-state index in [2.05, 4.69) is 111 Å². The van der Waals surface area contributed by atoms with Gasteiger partial charge in [-0.05, 0) is 210 Å². The second kappa shape index (κ2) is 28.4. The molecule has 456 valence electrons. The number of carbonyl (C=O) groups excluding carboxylic acids is 1. The first-order valence-electron chi connectivity index (χ1n) is 29.0. The van der Waals surface area contributed by atoms with Gasteiger partial charge in [0.05, 0.1) is 39.2 Å². The highest BCUT2D eigenvalue weighted by Crippen LogP contribution is 2.54. The Morgan fingerprint density at radius 1 is 0.580 bits per heavy atom. The van der Waals surface area contributed by atoms with E-state index in [1.807, 2.05) is 88.7 Å². The molecule has 0 bridgehead atoms. The molecule has 6 aliphatic rings. The molecular weight excluding hydrogens is 1290 g/mol. The molecule has 81 heavy (non-hydrogen) atoms. The molecule has 6 aliphatic carbocycles. The van der Waals surface area contributed by atoms with E-state index in [1.54, 1.807) is 13.4 Å². The van der Waals surface area contributed by atoms with E-state index in [4.69, 9.17) is 28.1 Å². The van der Waals surface area contributed by atoms with Crippen molar-refractivity contribution in [3.05, 3.63) is 101 Å². The average molecular weight is 1390 g/mol. The lowest BCUT2D eigenvalue weighted by molar-refractivity contribution is -0.0145. The van der Waals surface area contributed by atoms with E-state index in [0.29, 0.717) is 41.8 Å². The molecule has 0 heterocycles. The number of benzene rings is 3. The van der Waals surface area contributed by atoms with E-state index < -0.39 is 32.5 Å². The summed E-state index contributed by atoms with van der Waals surface area (Å²) < 4.78 is 64.1. The van der Waals surface area contributed by atoms with Crippen LogP contribution in [0.1, 0.15) is 198 Å². The van der Waals surface area contributed by atoms with E-state index in [0.717, 1.165) is 127 Å². The fraction of sp³-hybridized carbons (Fsp3) is 0.672. The fourth-order valence-corrected chi connectivity index (χ4v) is 15.7. The smallest absolute Gasteiger partial charge is 0.169 e. The SMILES string of the molecule is CC(C)(C)S(C)(N)O.CC[C@@H]1C[C@]2(CC[C@H]1OC)Cc1ccc(Br)cc1C2=N[S@@](=O)C(C)(C)C.CC[C@H]1CC2(CC[C@@H]1OC)Cc1ccc(Br)cc1C2=O.CC[C@H]1C[C@@]2(CC[C@@H]1OC)Cc1ccc(Br)cc1C2=N[S@@](=O)C(C)(C)C.S. The van der Waals surface area contributed by atoms with Crippen LogP contribution in [0.4, 0.5) is 0 Å². The molecule has 3 aromatic carbocycles. The molecule has 3 N–H and O–H groups in total. The van der Waals surface area contributed by atoms with Crippen LogP contribution in [0.3, 0.4) is 0 Å². The molecule has 0 aliphatic heterocycles. The van der Waals surface area contributed by atoms with Gasteiger partial charge in [-0.25, -0.2) is 8.42 Å². The number of methoxy groups -OCH3 is 3. The fourth-order valence-electron chi connectivity index (χ4n) is 13.1. The van der Waals surface area contributed by atoms with E-state index in [-0.39, 0.29) is 44.0 Å². The zero-order valence-corrected chi connectivity index (χ0v) is 59.7. The second-order valence-electron chi connectivity index (χ2n) is 26.8. The molecule has 17 heteroatoms. The Kier molecular flexibility index (Phi) is 24.8. The molecule has 3 spiro atoms. The minimum Gasteiger partial charge on any atom is -0.381 e. The Morgan fingerprint density at radius 3 is 1.16 bits per heavy atom. The molecule has 0 amide bonds. The van der Waals surface area contributed by atoms with Crippen molar-refractivity contribution in [2.24, 2.45) is 47.9 Å². The van der Waals surface area contributed by atoms with Crippen LogP contribution in [0.2, 0.25) is 0 Å². The van der Waals surface area contributed by atoms with Crippen LogP contribution in [0, 0.1) is 34.0 Å². The van der Waals surface area contributed by atoms with E-state index in [9.17, 15) is 17.8 Å². The van der Waals surface area contributed by atoms with Crippen molar-refractivity contribution in [2.45, 2.75) is 212 Å². The number of ether oxygens (including phenoxy) is 3. The highest BCUT2D eigenvalue weighted by Gasteiger charge is 2.52. The molecule has 0 aromatic heterocycles. The summed E-state index contributed by atoms with van der Waals surface area (Å²) in [6.07, 6.45) is 18.2. The lowest BCUT2D eigenvalue weighted by Gasteiger charge is -2.42. The third-order valence-electron chi connectivity index (χ3n) is 18.4. The Hall–Kier alpha value is -1.09. The standard InChI is InChI=1S/2C21H30BrNO2S.C17H21BrO2.C5H15NOS.H2S/c2*1-6-14-12-21(10-9-18(14)25-5)13-15-7-8-16(22)11-17(15)19(21)23-26(24)20(2,3)4;1-3-11-9-17(7-6-15(11)20-2)10-12-4-5-13(18)8-14(12)16(17)19;1-5(2,3)8(4,6)7;/h2*7-8,11,14,18H,6,9-10,12-13H2,1-5H3;4-5,8,11,15H,3,6-7,9-10H2,1-2H3;7H,6H2,1-4H3;1H2/t14-,18-,21-,26+;14-,18-,21-,26-;11-,15-,17?;;/m100../s1. The first-order chi connectivity index (χ1) is 37.2. The zero-order chi connectivity index (χ0) is 59.6. The van der Waals surface area contributed by atoms with Gasteiger partial charge >= 0.3 is 0 Å². The van der Waals surface area contributed by atoms with E-state index >= 15 is 0 Å². The lowest BCUT2D eigenvalue weighted by atomic mass is 9.65. The van der Waals surface area contributed by atoms with E-state index in [1.165, 1.54) is 27.8 Å². The van der Waals surface area contributed by atoms with Gasteiger partial charge in [0.25, 0.3) is 0 Å². The topological polar surface area (TPSA) is 150 Å². The second-order valence-corrected chi connectivity index (χ2v) is 36.5. The molecule has 10 nitrogen and oxygen atoms in total. The zero-order valence-electron chi connectivity index (χ0n) is 51.5. The maximum Gasteiger partial charge on any atom is 0.169 e. The minimum atomic E-state index is -1.84. The number of hydrogen-bond acceptors (Lipinski definition) is 8. The van der Waals surface area contributed by atoms with Crippen LogP contribution in [0.5, 0.6) is 0 Å². The highest BCUT2D eigenvalue weighted by molar-refractivity contribution is 9.11. The Balaban J connectivity index is 0.000000209. The molecule has 0 saturated heterocycles. The summed E-state index contributed by atoms with van der Waals surface area (Å²) in [6.45, 7) is 24.5. The Labute approximate surface area is 527 Å². The number of fused-ring (bicyclic) bond motifs is 3. The molecule has 2 unspecified atom stereocenters. The minimum absolute atomic E-state index is 0. The summed E-state index contributed by atoms with van der Waals surface area (Å²) in [7, 11) is 1.11. The van der Waals surface area contributed by atoms with Gasteiger partial charge in [-0.1, -0.05) is 117 Å². The normalized spacial score (nSPS) is 30.6. The Bertz CT molecular complexity index is 2650. The van der Waals surface area contributed by atoms with Gasteiger partial charge in [0.2, 0.25) is 0 Å². The summed E-state index contributed by atoms with van der Waals surface area (Å²) in [5.41, 5.74) is 9.18. The molecule has 9 rings (SSSR count). The summed E-state index contributed by atoms with van der Waals surface area (Å²) in [6, 6.07) is 19.1. The van der Waals surface area contributed by atoms with Crippen molar-refractivity contribution >= 4 is 111 Å². The monoisotopic (exact) mass is 1390 g/mol.